The number of thiocarbonyl (C=S) groups is 1. The standard InChI is InChI=1S/C21H23N3O2S2/c1-13(2)24-20(25)18(28-21(24)27)12-16-11-15-10-14(3)4-5-17(15)22-19(16)23-6-8-26-9-7-23/h4-5,10-13H,6-9H2,1-3H3/b18-12-. The minimum Gasteiger partial charge on any atom is -0.378 e. The van der Waals surface area contributed by atoms with Crippen LogP contribution in [-0.4, -0.2) is 52.5 Å². The first-order chi connectivity index (χ1) is 13.4. The lowest BCUT2D eigenvalue weighted by molar-refractivity contribution is -0.123. The van der Waals surface area contributed by atoms with Gasteiger partial charge in [-0.25, -0.2) is 4.98 Å². The molecule has 0 saturated carbocycles. The van der Waals surface area contributed by atoms with Crippen molar-refractivity contribution < 1.29 is 9.53 Å². The Labute approximate surface area is 174 Å². The van der Waals surface area contributed by atoms with Gasteiger partial charge in [0, 0.05) is 30.1 Å². The van der Waals surface area contributed by atoms with Gasteiger partial charge >= 0.3 is 0 Å². The van der Waals surface area contributed by atoms with E-state index in [1.165, 1.54) is 17.3 Å². The van der Waals surface area contributed by atoms with E-state index in [1.807, 2.05) is 19.9 Å². The van der Waals surface area contributed by atoms with Crippen LogP contribution in [0.5, 0.6) is 0 Å². The molecule has 1 aromatic heterocycles. The fraction of sp³-hybridized carbons (Fsp3) is 0.381. The Kier molecular flexibility index (Phi) is 5.40. The lowest BCUT2D eigenvalue weighted by atomic mass is 10.1. The molecule has 0 atom stereocenters. The third kappa shape index (κ3) is 3.66. The second-order valence-electron chi connectivity index (χ2n) is 7.34. The molecule has 146 valence electrons. The van der Waals surface area contributed by atoms with Gasteiger partial charge in [-0.2, -0.15) is 0 Å². The van der Waals surface area contributed by atoms with Crippen molar-refractivity contribution in [2.75, 3.05) is 31.2 Å². The van der Waals surface area contributed by atoms with E-state index in [0.717, 1.165) is 35.4 Å². The predicted octanol–water partition coefficient (Wildman–Crippen LogP) is 3.99. The van der Waals surface area contributed by atoms with E-state index < -0.39 is 0 Å². The molecule has 1 amide bonds. The number of thioether (sulfide) groups is 1. The number of nitrogens with zero attached hydrogens (tertiary/aromatic N) is 3. The number of aryl methyl sites for hydroxylation is 1. The van der Waals surface area contributed by atoms with Crippen molar-refractivity contribution in [2.24, 2.45) is 0 Å². The van der Waals surface area contributed by atoms with Crippen LogP contribution in [0.2, 0.25) is 0 Å². The molecule has 0 aliphatic carbocycles. The summed E-state index contributed by atoms with van der Waals surface area (Å²) in [7, 11) is 0. The van der Waals surface area contributed by atoms with Gasteiger partial charge in [-0.3, -0.25) is 9.69 Å². The first kappa shape index (κ1) is 19.4. The Morgan fingerprint density at radius 3 is 2.68 bits per heavy atom. The van der Waals surface area contributed by atoms with Crippen LogP contribution in [0.15, 0.2) is 29.2 Å². The molecule has 28 heavy (non-hydrogen) atoms. The molecule has 3 heterocycles. The molecule has 2 fully saturated rings. The summed E-state index contributed by atoms with van der Waals surface area (Å²) in [5.41, 5.74) is 3.09. The van der Waals surface area contributed by atoms with Gasteiger partial charge in [0.1, 0.15) is 10.1 Å². The molecule has 5 nitrogen and oxygen atoms in total. The first-order valence-electron chi connectivity index (χ1n) is 9.45. The van der Waals surface area contributed by atoms with Crippen LogP contribution < -0.4 is 4.90 Å². The number of aromatic nitrogens is 1. The molecule has 2 saturated heterocycles. The van der Waals surface area contributed by atoms with Gasteiger partial charge in [-0.05, 0) is 45.0 Å². The average Bonchev–Trinajstić information content (AvgIpc) is 2.95. The molecule has 0 N–H and O–H groups in total. The fourth-order valence-corrected chi connectivity index (χ4v) is 5.02. The second kappa shape index (κ2) is 7.81. The number of benzene rings is 1. The maximum atomic E-state index is 12.9. The van der Waals surface area contributed by atoms with Gasteiger partial charge < -0.3 is 9.64 Å². The van der Waals surface area contributed by atoms with E-state index in [4.69, 9.17) is 21.9 Å². The summed E-state index contributed by atoms with van der Waals surface area (Å²) in [4.78, 5) is 22.4. The molecule has 1 aromatic carbocycles. The summed E-state index contributed by atoms with van der Waals surface area (Å²) >= 11 is 6.79. The Hall–Kier alpha value is -1.96. The number of pyridine rings is 1. The molecule has 2 aliphatic heterocycles. The zero-order valence-electron chi connectivity index (χ0n) is 16.3. The van der Waals surface area contributed by atoms with E-state index in [0.29, 0.717) is 22.4 Å². The minimum absolute atomic E-state index is 0.0257. The summed E-state index contributed by atoms with van der Waals surface area (Å²) < 4.78 is 6.12. The maximum Gasteiger partial charge on any atom is 0.266 e. The quantitative estimate of drug-likeness (QED) is 0.560. The lowest BCUT2D eigenvalue weighted by Gasteiger charge is -2.29. The summed E-state index contributed by atoms with van der Waals surface area (Å²) in [6, 6.07) is 8.43. The topological polar surface area (TPSA) is 45.7 Å². The molecule has 0 unspecified atom stereocenters. The normalized spacial score (nSPS) is 19.5. The van der Waals surface area contributed by atoms with Crippen molar-refractivity contribution in [3.05, 3.63) is 40.3 Å². The van der Waals surface area contributed by atoms with Gasteiger partial charge in [0.15, 0.2) is 0 Å². The number of morpholine rings is 1. The van der Waals surface area contributed by atoms with Crippen LogP contribution in [0.25, 0.3) is 17.0 Å². The predicted molar refractivity (Wildman–Crippen MR) is 120 cm³/mol. The van der Waals surface area contributed by atoms with Crippen LogP contribution in [0.1, 0.15) is 25.0 Å². The fourth-order valence-electron chi connectivity index (χ4n) is 3.50. The number of anilines is 1. The van der Waals surface area contributed by atoms with Crippen molar-refractivity contribution in [1.82, 2.24) is 9.88 Å². The number of carbonyl (C=O) groups excluding carboxylic acids is 1. The molecular formula is C21H23N3O2S2. The molecule has 0 spiro atoms. The van der Waals surface area contributed by atoms with Gasteiger partial charge in [-0.15, -0.1) is 0 Å². The van der Waals surface area contributed by atoms with Crippen molar-refractivity contribution in [3.63, 3.8) is 0 Å². The van der Waals surface area contributed by atoms with E-state index in [1.54, 1.807) is 4.90 Å². The number of ether oxygens (including phenoxy) is 1. The highest BCUT2D eigenvalue weighted by Crippen LogP contribution is 2.36. The zero-order chi connectivity index (χ0) is 19.8. The van der Waals surface area contributed by atoms with Gasteiger partial charge in [0.25, 0.3) is 5.91 Å². The lowest BCUT2D eigenvalue weighted by Crippen LogP contribution is -2.37. The van der Waals surface area contributed by atoms with Crippen LogP contribution in [0.3, 0.4) is 0 Å². The highest BCUT2D eigenvalue weighted by molar-refractivity contribution is 8.26. The van der Waals surface area contributed by atoms with E-state index in [9.17, 15) is 4.79 Å². The molecule has 2 aliphatic rings. The molecule has 0 bridgehead atoms. The monoisotopic (exact) mass is 413 g/mol. The first-order valence-corrected chi connectivity index (χ1v) is 10.7. The van der Waals surface area contributed by atoms with Crippen LogP contribution >= 0.6 is 24.0 Å². The minimum atomic E-state index is -0.0257. The number of carbonyl (C=O) groups is 1. The third-order valence-corrected chi connectivity index (χ3v) is 6.25. The number of hydrogen-bond donors (Lipinski definition) is 0. The van der Waals surface area contributed by atoms with Gasteiger partial charge in [0.05, 0.1) is 23.6 Å². The van der Waals surface area contributed by atoms with E-state index >= 15 is 0 Å². The van der Waals surface area contributed by atoms with E-state index in [-0.39, 0.29) is 11.9 Å². The van der Waals surface area contributed by atoms with Crippen molar-refractivity contribution >= 4 is 57.0 Å². The summed E-state index contributed by atoms with van der Waals surface area (Å²) in [5, 5.41) is 1.07. The van der Waals surface area contributed by atoms with Crippen LogP contribution in [0.4, 0.5) is 5.82 Å². The van der Waals surface area contributed by atoms with Crippen molar-refractivity contribution in [1.29, 1.82) is 0 Å². The highest BCUT2D eigenvalue weighted by Gasteiger charge is 2.34. The number of rotatable bonds is 3. The Balaban J connectivity index is 1.82. The average molecular weight is 414 g/mol. The third-order valence-electron chi connectivity index (χ3n) is 4.92. The second-order valence-corrected chi connectivity index (χ2v) is 9.02. The van der Waals surface area contributed by atoms with Gasteiger partial charge in [-0.1, -0.05) is 35.6 Å². The number of amides is 1. The summed E-state index contributed by atoms with van der Waals surface area (Å²) in [5.74, 6) is 0.872. The largest absolute Gasteiger partial charge is 0.378 e. The Morgan fingerprint density at radius 1 is 1.25 bits per heavy atom. The maximum absolute atomic E-state index is 12.9. The zero-order valence-corrected chi connectivity index (χ0v) is 17.9. The number of fused-ring (bicyclic) bond motifs is 1. The van der Waals surface area contributed by atoms with Gasteiger partial charge in [0.2, 0.25) is 0 Å². The Bertz CT molecular complexity index is 981. The molecule has 4 rings (SSSR count). The summed E-state index contributed by atoms with van der Waals surface area (Å²) in [6.07, 6.45) is 1.95. The van der Waals surface area contributed by atoms with Crippen LogP contribution in [0, 0.1) is 6.92 Å². The van der Waals surface area contributed by atoms with E-state index in [2.05, 4.69) is 36.1 Å². The molecule has 2 aromatic rings. The smallest absolute Gasteiger partial charge is 0.266 e. The molecular weight excluding hydrogens is 390 g/mol. The van der Waals surface area contributed by atoms with Crippen molar-refractivity contribution in [2.45, 2.75) is 26.8 Å². The Morgan fingerprint density at radius 2 is 2.00 bits per heavy atom. The number of hydrogen-bond acceptors (Lipinski definition) is 6. The van der Waals surface area contributed by atoms with Crippen molar-refractivity contribution in [3.8, 4) is 0 Å². The SMILES string of the molecule is Cc1ccc2nc(N3CCOCC3)c(/C=C3\SC(=S)N(C(C)C)C3=O)cc2c1. The molecule has 0 radical (unpaired) electrons. The highest BCUT2D eigenvalue weighted by atomic mass is 32.2. The molecule has 7 heteroatoms. The summed E-state index contributed by atoms with van der Waals surface area (Å²) in [6.45, 7) is 8.98. The van der Waals surface area contributed by atoms with Crippen LogP contribution in [-0.2, 0) is 9.53 Å².